The van der Waals surface area contributed by atoms with E-state index in [0.29, 0.717) is 0 Å². The molecule has 0 aliphatic rings. The molecule has 64 valence electrons. The van der Waals surface area contributed by atoms with Crippen LogP contribution in [0.4, 0.5) is 0 Å². The molecule has 0 rings (SSSR count). The van der Waals surface area contributed by atoms with Gasteiger partial charge in [-0.1, -0.05) is 39.3 Å². The Hall–Kier alpha value is 1.69. The van der Waals surface area contributed by atoms with E-state index in [1.807, 2.05) is 0 Å². The molecule has 0 aromatic rings. The van der Waals surface area contributed by atoms with Gasteiger partial charge >= 0.3 is 37.7 Å². The maximum absolute atomic E-state index is 3.91. The largest absolute Gasteiger partial charge is 2.00 e. The van der Waals surface area contributed by atoms with Gasteiger partial charge in [0.15, 0.2) is 0 Å². The summed E-state index contributed by atoms with van der Waals surface area (Å²) in [5.74, 6) is 0. The molecule has 3 heteroatoms. The third-order valence-corrected chi connectivity index (χ3v) is 0. The summed E-state index contributed by atoms with van der Waals surface area (Å²) in [6.45, 7) is 21.1. The van der Waals surface area contributed by atoms with Gasteiger partial charge in [0.25, 0.3) is 0 Å². The molecule has 0 spiro atoms. The molecule has 0 nitrogen and oxygen atoms in total. The standard InChI is InChI=1S/2C4H11Si.Ca/c2*1-5(2,3)4;/h2*1H2,2-4H3;/q2*-1;+2. The van der Waals surface area contributed by atoms with Gasteiger partial charge in [0, 0.05) is 0 Å². The Morgan fingerprint density at radius 1 is 0.636 bits per heavy atom. The van der Waals surface area contributed by atoms with Crippen molar-refractivity contribution in [2.24, 2.45) is 0 Å². The van der Waals surface area contributed by atoms with Gasteiger partial charge in [-0.2, -0.15) is 0 Å². The Morgan fingerprint density at radius 2 is 0.636 bits per heavy atom. The van der Waals surface area contributed by atoms with E-state index in [4.69, 9.17) is 0 Å². The minimum Gasteiger partial charge on any atom is -0.342 e. The Labute approximate surface area is 105 Å². The van der Waals surface area contributed by atoms with E-state index in [9.17, 15) is 0 Å². The van der Waals surface area contributed by atoms with Crippen LogP contribution in [0.15, 0.2) is 0 Å². The van der Waals surface area contributed by atoms with Crippen molar-refractivity contribution >= 4 is 53.9 Å². The van der Waals surface area contributed by atoms with Crippen LogP contribution in [-0.4, -0.2) is 53.9 Å². The predicted molar refractivity (Wildman–Crippen MR) is 63.2 cm³/mol. The van der Waals surface area contributed by atoms with Gasteiger partial charge in [-0.15, -0.1) is 16.1 Å². The molecule has 0 amide bonds. The number of hydrogen-bond donors (Lipinski definition) is 0. The summed E-state index contributed by atoms with van der Waals surface area (Å²) in [5.41, 5.74) is 0. The van der Waals surface area contributed by atoms with Crippen molar-refractivity contribution in [3.63, 3.8) is 0 Å². The van der Waals surface area contributed by atoms with Crippen LogP contribution in [0.5, 0.6) is 0 Å². The zero-order valence-electron chi connectivity index (χ0n) is 9.12. The fourth-order valence-corrected chi connectivity index (χ4v) is 0. The quantitative estimate of drug-likeness (QED) is 0.430. The van der Waals surface area contributed by atoms with Gasteiger partial charge in [-0.25, -0.2) is 0 Å². The Morgan fingerprint density at radius 3 is 0.636 bits per heavy atom. The van der Waals surface area contributed by atoms with Crippen molar-refractivity contribution in [3.05, 3.63) is 13.1 Å². The molecule has 0 saturated heterocycles. The summed E-state index contributed by atoms with van der Waals surface area (Å²) in [5, 5.41) is 0. The van der Waals surface area contributed by atoms with E-state index in [2.05, 4.69) is 52.4 Å². The number of hydrogen-bond acceptors (Lipinski definition) is 0. The van der Waals surface area contributed by atoms with Crippen molar-refractivity contribution < 1.29 is 0 Å². The summed E-state index contributed by atoms with van der Waals surface area (Å²) < 4.78 is 0. The molecule has 0 unspecified atom stereocenters. The molecule has 0 aromatic heterocycles. The van der Waals surface area contributed by atoms with Crippen molar-refractivity contribution in [2.75, 3.05) is 0 Å². The second kappa shape index (κ2) is 7.13. The van der Waals surface area contributed by atoms with Gasteiger partial charge in [0.05, 0.1) is 0 Å². The fourth-order valence-electron chi connectivity index (χ4n) is 0. The molecule has 0 heterocycles. The molecular formula is C8H22CaSi2. The second-order valence-electron chi connectivity index (χ2n) is 5.12. The average Bonchev–Trinajstić information content (AvgIpc) is 1.12. The van der Waals surface area contributed by atoms with E-state index in [1.54, 1.807) is 0 Å². The summed E-state index contributed by atoms with van der Waals surface area (Å²) in [4.78, 5) is 0. The number of rotatable bonds is 0. The fraction of sp³-hybridized carbons (Fsp3) is 0.750. The zero-order chi connectivity index (χ0) is 9.00. The van der Waals surface area contributed by atoms with Crippen LogP contribution < -0.4 is 0 Å². The molecule has 0 atom stereocenters. The molecule has 0 N–H and O–H groups in total. The molecule has 0 fully saturated rings. The first-order valence-corrected chi connectivity index (χ1v) is 11.1. The monoisotopic (exact) mass is 214 g/mol. The predicted octanol–water partition coefficient (Wildman–Crippen LogP) is 3.01. The van der Waals surface area contributed by atoms with Crippen LogP contribution in [0.1, 0.15) is 0 Å². The maximum atomic E-state index is 3.91. The smallest absolute Gasteiger partial charge is 0.342 e. The van der Waals surface area contributed by atoms with Crippen LogP contribution in [-0.2, 0) is 0 Å². The van der Waals surface area contributed by atoms with E-state index in [-0.39, 0.29) is 37.7 Å². The van der Waals surface area contributed by atoms with Crippen LogP contribution >= 0.6 is 0 Å². The van der Waals surface area contributed by atoms with Crippen LogP contribution in [0.2, 0.25) is 39.3 Å². The first-order chi connectivity index (χ1) is 4.00. The zero-order valence-corrected chi connectivity index (χ0v) is 13.3. The van der Waals surface area contributed by atoms with Gasteiger partial charge in [-0.3, -0.25) is 0 Å². The van der Waals surface area contributed by atoms with Crippen molar-refractivity contribution in [2.45, 2.75) is 39.3 Å². The summed E-state index contributed by atoms with van der Waals surface area (Å²) in [7, 11) is -1.72. The molecule has 0 aliphatic carbocycles. The van der Waals surface area contributed by atoms with Crippen LogP contribution in [0.25, 0.3) is 0 Å². The van der Waals surface area contributed by atoms with Crippen LogP contribution in [0, 0.1) is 13.1 Å². The Kier molecular flexibility index (Phi) is 12.0. The SMILES string of the molecule is [CH2-][Si](C)(C)C.[CH2-][Si](C)(C)C.[Ca+2]. The summed E-state index contributed by atoms with van der Waals surface area (Å²) >= 11 is 0. The van der Waals surface area contributed by atoms with Gasteiger partial charge < -0.3 is 13.1 Å². The molecule has 0 aromatic carbocycles. The third-order valence-electron chi connectivity index (χ3n) is 0. The van der Waals surface area contributed by atoms with Gasteiger partial charge in [0.1, 0.15) is 0 Å². The van der Waals surface area contributed by atoms with E-state index in [0.717, 1.165) is 0 Å². The average molecular weight is 215 g/mol. The van der Waals surface area contributed by atoms with Crippen LogP contribution in [0.3, 0.4) is 0 Å². The first-order valence-electron chi connectivity index (χ1n) is 3.71. The van der Waals surface area contributed by atoms with Gasteiger partial charge in [0.2, 0.25) is 0 Å². The molecule has 0 aliphatic heterocycles. The normalized spacial score (nSPS) is 10.9. The minimum atomic E-state index is -0.861. The topological polar surface area (TPSA) is 0 Å². The second-order valence-corrected chi connectivity index (χ2v) is 15.4. The molecule has 0 saturated carbocycles. The van der Waals surface area contributed by atoms with E-state index in [1.165, 1.54) is 0 Å². The van der Waals surface area contributed by atoms with Crippen molar-refractivity contribution in [1.29, 1.82) is 0 Å². The Balaban J connectivity index is -0.000000107. The molecule has 0 radical (unpaired) electrons. The first kappa shape index (κ1) is 18.5. The Bertz CT molecular complexity index is 55.1. The van der Waals surface area contributed by atoms with Crippen molar-refractivity contribution in [1.82, 2.24) is 0 Å². The molecule has 11 heavy (non-hydrogen) atoms. The van der Waals surface area contributed by atoms with Gasteiger partial charge in [-0.05, 0) is 0 Å². The van der Waals surface area contributed by atoms with E-state index < -0.39 is 16.1 Å². The summed E-state index contributed by atoms with van der Waals surface area (Å²) in [6, 6.07) is 0. The van der Waals surface area contributed by atoms with E-state index >= 15 is 0 Å². The third kappa shape index (κ3) is 383. The minimum absolute atomic E-state index is 0. The maximum Gasteiger partial charge on any atom is 2.00 e. The van der Waals surface area contributed by atoms with Crippen molar-refractivity contribution in [3.8, 4) is 0 Å². The summed E-state index contributed by atoms with van der Waals surface area (Å²) in [6.07, 6.45) is 0. The molecular weight excluding hydrogens is 192 g/mol. The molecule has 0 bridgehead atoms.